The predicted molar refractivity (Wildman–Crippen MR) is 67.2 cm³/mol. The Labute approximate surface area is 128 Å². The summed E-state index contributed by atoms with van der Waals surface area (Å²) < 4.78 is 5.79. The number of halogens is 2. The summed E-state index contributed by atoms with van der Waals surface area (Å²) >= 11 is 0. The second-order valence-electron chi connectivity index (χ2n) is 5.24. The summed E-state index contributed by atoms with van der Waals surface area (Å²) in [5.74, 6) is 0.799. The number of hydrogen-bond acceptors (Lipinski definition) is 2. The van der Waals surface area contributed by atoms with E-state index in [0.717, 1.165) is 31.2 Å². The largest absolute Gasteiger partial charge is 1.00 e. The maximum absolute atomic E-state index is 5.79. The molecule has 4 nitrogen and oxygen atoms in total. The van der Waals surface area contributed by atoms with Gasteiger partial charge in [0.05, 0.1) is 6.61 Å². The van der Waals surface area contributed by atoms with Crippen molar-refractivity contribution in [2.24, 2.45) is 10.9 Å². The Bertz CT molecular complexity index is 292. The van der Waals surface area contributed by atoms with E-state index in [1.165, 1.54) is 32.1 Å². The minimum atomic E-state index is 0. The lowest BCUT2D eigenvalue weighted by Crippen LogP contribution is -3.00. The smallest absolute Gasteiger partial charge is 0.191 e. The number of aliphatic imine (C=N–C) groups is 1. The molecule has 2 rings (SSSR count). The van der Waals surface area contributed by atoms with Crippen molar-refractivity contribution in [2.45, 2.75) is 44.6 Å². The van der Waals surface area contributed by atoms with Gasteiger partial charge in [-0.15, -0.1) is 0 Å². The highest BCUT2D eigenvalue weighted by atomic mass is 35.5. The summed E-state index contributed by atoms with van der Waals surface area (Å²) in [4.78, 5) is 4.26. The molecule has 0 spiro atoms. The summed E-state index contributed by atoms with van der Waals surface area (Å²) in [5.41, 5.74) is 5.26. The predicted octanol–water partition coefficient (Wildman–Crippen LogP) is -5.96. The monoisotopic (exact) mass is 309 g/mol. The Morgan fingerprint density at radius 3 is 2.68 bits per heavy atom. The van der Waals surface area contributed by atoms with Gasteiger partial charge in [-0.1, -0.05) is 19.3 Å². The molecule has 0 aromatic heterocycles. The highest BCUT2D eigenvalue weighted by Crippen LogP contribution is 2.23. The van der Waals surface area contributed by atoms with E-state index >= 15 is 0 Å². The molecule has 2 aliphatic rings. The molecule has 19 heavy (non-hydrogen) atoms. The maximum atomic E-state index is 5.79. The van der Waals surface area contributed by atoms with E-state index in [4.69, 9.17) is 4.74 Å². The van der Waals surface area contributed by atoms with Crippen molar-refractivity contribution in [3.8, 4) is 0 Å². The first-order valence-electron chi connectivity index (χ1n) is 6.82. The highest BCUT2D eigenvalue weighted by Gasteiger charge is 2.16. The number of quaternary nitrogens is 2. The first-order valence-corrected chi connectivity index (χ1v) is 6.82. The van der Waals surface area contributed by atoms with Gasteiger partial charge >= 0.3 is 0 Å². The summed E-state index contributed by atoms with van der Waals surface area (Å²) in [7, 11) is 0. The van der Waals surface area contributed by atoms with Gasteiger partial charge in [0.25, 0.3) is 0 Å². The van der Waals surface area contributed by atoms with Crippen LogP contribution in [0.3, 0.4) is 0 Å². The zero-order valence-corrected chi connectivity index (χ0v) is 12.9. The topological polar surface area (TPSA) is 65.8 Å². The van der Waals surface area contributed by atoms with Crippen molar-refractivity contribution in [3.63, 3.8) is 0 Å². The van der Waals surface area contributed by atoms with Gasteiger partial charge in [0.15, 0.2) is 6.34 Å². The number of nitrogens with zero attached hydrogens (tertiary/aromatic N) is 1. The van der Waals surface area contributed by atoms with Crippen LogP contribution in [0.1, 0.15) is 38.5 Å². The molecule has 1 saturated carbocycles. The summed E-state index contributed by atoms with van der Waals surface area (Å²) in [6.07, 6.45) is 11.7. The zero-order chi connectivity index (χ0) is 11.9. The van der Waals surface area contributed by atoms with Gasteiger partial charge in [-0.25, -0.2) is 4.99 Å². The van der Waals surface area contributed by atoms with Crippen molar-refractivity contribution in [1.29, 1.82) is 0 Å². The molecule has 5 N–H and O–H groups in total. The number of hydrogen-bond donors (Lipinski definition) is 2. The Morgan fingerprint density at radius 1 is 1.32 bits per heavy atom. The molecule has 1 aliphatic heterocycles. The molecule has 112 valence electrons. The van der Waals surface area contributed by atoms with Crippen molar-refractivity contribution in [2.75, 3.05) is 13.2 Å². The lowest BCUT2D eigenvalue weighted by molar-refractivity contribution is -0.449. The minimum Gasteiger partial charge on any atom is -1.00 e. The molecule has 0 bridgehead atoms. The van der Waals surface area contributed by atoms with Gasteiger partial charge in [-0.05, 0) is 18.8 Å². The maximum Gasteiger partial charge on any atom is 0.191 e. The van der Waals surface area contributed by atoms with Crippen LogP contribution in [-0.2, 0) is 4.74 Å². The van der Waals surface area contributed by atoms with Gasteiger partial charge < -0.3 is 35.3 Å². The van der Waals surface area contributed by atoms with Crippen LogP contribution in [0.5, 0.6) is 0 Å². The molecule has 0 amide bonds. The van der Waals surface area contributed by atoms with Gasteiger partial charge in [0.1, 0.15) is 17.9 Å². The lowest BCUT2D eigenvalue weighted by Gasteiger charge is -2.21. The quantitative estimate of drug-likeness (QED) is 0.504. The van der Waals surface area contributed by atoms with E-state index in [1.807, 2.05) is 11.7 Å². The molecule has 0 aromatic carbocycles. The fourth-order valence-corrected chi connectivity index (χ4v) is 2.57. The summed E-state index contributed by atoms with van der Waals surface area (Å²) in [6, 6.07) is 0.327. The van der Waals surface area contributed by atoms with Gasteiger partial charge in [-0.3, -0.25) is 5.32 Å². The summed E-state index contributed by atoms with van der Waals surface area (Å²) in [5, 5.41) is 1.98. The fraction of sp³-hybridized carbons (Fsp3) is 0.769. The number of ether oxygens (including phenoxy) is 1. The van der Waals surface area contributed by atoms with E-state index in [0.29, 0.717) is 6.04 Å². The van der Waals surface area contributed by atoms with E-state index in [1.54, 1.807) is 0 Å². The van der Waals surface area contributed by atoms with E-state index < -0.39 is 0 Å². The van der Waals surface area contributed by atoms with Crippen LogP contribution in [0, 0.1) is 5.92 Å². The number of nitrogens with two attached hydrogens (primary N) is 1. The third-order valence-electron chi connectivity index (χ3n) is 3.54. The molecule has 6 heteroatoms. The van der Waals surface area contributed by atoms with Crippen molar-refractivity contribution in [3.05, 3.63) is 11.9 Å². The molecule has 1 aliphatic carbocycles. The average molecular weight is 310 g/mol. The second kappa shape index (κ2) is 10.6. The molecule has 1 fully saturated rings. The van der Waals surface area contributed by atoms with Crippen LogP contribution in [0.15, 0.2) is 16.9 Å². The third kappa shape index (κ3) is 7.28. The average Bonchev–Trinajstić information content (AvgIpc) is 2.83. The molecule has 0 radical (unpaired) electrons. The molecular weight excluding hydrogens is 285 g/mol. The summed E-state index contributed by atoms with van der Waals surface area (Å²) in [6.45, 7) is 1.70. The van der Waals surface area contributed by atoms with Crippen LogP contribution in [0.4, 0.5) is 0 Å². The van der Waals surface area contributed by atoms with E-state index in [9.17, 15) is 0 Å². The first kappa shape index (κ1) is 18.9. The van der Waals surface area contributed by atoms with Gasteiger partial charge in [0.2, 0.25) is 0 Å². The van der Waals surface area contributed by atoms with Crippen LogP contribution in [0.25, 0.3) is 0 Å². The minimum absolute atomic E-state index is 0. The Hall–Kier alpha value is -0.130. The Kier molecular flexibility index (Phi) is 10.6. The molecule has 0 saturated heterocycles. The van der Waals surface area contributed by atoms with Crippen molar-refractivity contribution in [1.82, 2.24) is 0 Å². The van der Waals surface area contributed by atoms with E-state index in [-0.39, 0.29) is 24.8 Å². The normalized spacial score (nSPS) is 20.4. The van der Waals surface area contributed by atoms with Crippen LogP contribution < -0.4 is 35.9 Å². The Morgan fingerprint density at radius 2 is 2.05 bits per heavy atom. The molecule has 0 unspecified atom stereocenters. The van der Waals surface area contributed by atoms with Crippen molar-refractivity contribution < 1.29 is 40.6 Å². The zero-order valence-electron chi connectivity index (χ0n) is 11.4. The third-order valence-corrected chi connectivity index (χ3v) is 3.54. The van der Waals surface area contributed by atoms with E-state index in [2.05, 4.69) is 16.9 Å². The van der Waals surface area contributed by atoms with Crippen molar-refractivity contribution >= 4 is 6.34 Å². The lowest BCUT2D eigenvalue weighted by atomic mass is 9.90. The molecule has 0 aromatic rings. The fourth-order valence-electron chi connectivity index (χ4n) is 2.57. The van der Waals surface area contributed by atoms with Gasteiger partial charge in [-0.2, -0.15) is 0 Å². The molecule has 1 atom stereocenters. The number of rotatable bonds is 6. The van der Waals surface area contributed by atoms with Crippen LogP contribution in [0.2, 0.25) is 0 Å². The standard InChI is InChI=1S/C13H23N3O.2ClH/c14-12(6-13-7-15-10-16-13)9-17-8-11-4-2-1-3-5-11;;/h7,10-12H,1-6,8-9,14H2,(H,15,16);2*1H/t12-;;/m1../s1. The SMILES string of the molecule is [Cl-].[Cl-].[NH3+][C@@H](COCC1CCCCC1)CC1=C[NH2+]C=N1. The molecule has 1 heterocycles. The Balaban J connectivity index is 0.00000162. The first-order chi connectivity index (χ1) is 8.34. The van der Waals surface area contributed by atoms with Crippen LogP contribution in [-0.4, -0.2) is 25.6 Å². The van der Waals surface area contributed by atoms with Gasteiger partial charge in [0, 0.05) is 13.0 Å². The second-order valence-corrected chi connectivity index (χ2v) is 5.24. The molecular formula is C13H25Cl2N3O. The highest BCUT2D eigenvalue weighted by molar-refractivity contribution is 5.47. The van der Waals surface area contributed by atoms with Crippen LogP contribution >= 0.6 is 0 Å².